The van der Waals surface area contributed by atoms with E-state index < -0.39 is 11.1 Å². The van der Waals surface area contributed by atoms with Crippen LogP contribution in [-0.2, 0) is 15.3 Å². The summed E-state index contributed by atoms with van der Waals surface area (Å²) in [4.78, 5) is 0.740. The Balaban J connectivity index is 3.09. The Kier molecular flexibility index (Phi) is 3.67. The molecule has 0 aliphatic rings. The van der Waals surface area contributed by atoms with E-state index in [0.717, 1.165) is 14.0 Å². The normalized spacial score (nSPS) is 12.9. The van der Waals surface area contributed by atoms with Gasteiger partial charge in [-0.2, -0.15) is 0 Å². The molecule has 1 rings (SSSR count). The molecule has 0 aliphatic carbocycles. The van der Waals surface area contributed by atoms with E-state index >= 15 is 0 Å². The van der Waals surface area contributed by atoms with E-state index in [1.807, 2.05) is 25.1 Å². The van der Waals surface area contributed by atoms with Crippen molar-refractivity contribution in [3.63, 3.8) is 0 Å². The van der Waals surface area contributed by atoms with E-state index in [0.29, 0.717) is 0 Å². The minimum Gasteiger partial charge on any atom is -0.290 e. The second kappa shape index (κ2) is 4.34. The molecule has 0 saturated heterocycles. The highest BCUT2D eigenvalue weighted by molar-refractivity contribution is 14.1. The van der Waals surface area contributed by atoms with Crippen molar-refractivity contribution in [2.45, 2.75) is 11.8 Å². The fourth-order valence-corrected chi connectivity index (χ4v) is 2.62. The lowest BCUT2D eigenvalue weighted by atomic mass is 10.2. The molecule has 2 nitrogen and oxygen atoms in total. The number of hydrogen-bond donors (Lipinski definition) is 0. The molecule has 0 bridgehead atoms. The number of halogens is 1. The average Bonchev–Trinajstić information content (AvgIpc) is 2.03. The zero-order valence-corrected chi connectivity index (χ0v) is 9.81. The molecule has 0 saturated carbocycles. The van der Waals surface area contributed by atoms with Crippen molar-refractivity contribution in [3.05, 3.63) is 27.3 Å². The molecule has 0 amide bonds. The monoisotopic (exact) mass is 296 g/mol. The van der Waals surface area contributed by atoms with Gasteiger partial charge in [-0.15, -0.1) is 0 Å². The Bertz CT molecular complexity index is 312. The van der Waals surface area contributed by atoms with Gasteiger partial charge in [0.05, 0.1) is 12.0 Å². The Morgan fingerprint density at radius 3 is 2.67 bits per heavy atom. The van der Waals surface area contributed by atoms with Crippen LogP contribution in [0.1, 0.15) is 5.56 Å². The molecule has 0 aromatic heterocycles. The summed E-state index contributed by atoms with van der Waals surface area (Å²) in [7, 11) is 1.44. The molecule has 4 heteroatoms. The summed E-state index contributed by atoms with van der Waals surface area (Å²) in [5.74, 6) is 0. The van der Waals surface area contributed by atoms with Gasteiger partial charge in [-0.1, -0.05) is 6.07 Å². The molecule has 0 fully saturated rings. The largest absolute Gasteiger partial charge is 0.290 e. The predicted octanol–water partition coefficient (Wildman–Crippen LogP) is 2.27. The Labute approximate surface area is 88.1 Å². The molecular formula is C8H9IO2S. The van der Waals surface area contributed by atoms with Crippen LogP contribution in [0.2, 0.25) is 0 Å². The van der Waals surface area contributed by atoms with Crippen molar-refractivity contribution in [2.75, 3.05) is 7.11 Å². The van der Waals surface area contributed by atoms with Gasteiger partial charge in [0, 0.05) is 3.57 Å². The van der Waals surface area contributed by atoms with E-state index in [-0.39, 0.29) is 0 Å². The topological polar surface area (TPSA) is 26.3 Å². The van der Waals surface area contributed by atoms with E-state index in [1.54, 1.807) is 0 Å². The molecule has 0 N–H and O–H groups in total. The van der Waals surface area contributed by atoms with Crippen LogP contribution in [0.3, 0.4) is 0 Å². The molecule has 1 unspecified atom stereocenters. The summed E-state index contributed by atoms with van der Waals surface area (Å²) in [6.07, 6.45) is 0. The van der Waals surface area contributed by atoms with Gasteiger partial charge in [0.25, 0.3) is 0 Å². The number of aryl methyl sites for hydroxylation is 1. The predicted molar refractivity (Wildman–Crippen MR) is 57.3 cm³/mol. The Morgan fingerprint density at radius 2 is 2.17 bits per heavy atom. The highest BCUT2D eigenvalue weighted by atomic mass is 127. The first kappa shape index (κ1) is 10.1. The molecule has 0 radical (unpaired) electrons. The molecule has 1 aromatic carbocycles. The summed E-state index contributed by atoms with van der Waals surface area (Å²) in [6.45, 7) is 2.00. The molecule has 0 aliphatic heterocycles. The lowest BCUT2D eigenvalue weighted by Gasteiger charge is -2.02. The summed E-state index contributed by atoms with van der Waals surface area (Å²) < 4.78 is 16.9. The van der Waals surface area contributed by atoms with Gasteiger partial charge in [-0.05, 0) is 47.2 Å². The van der Waals surface area contributed by atoms with Gasteiger partial charge in [0.15, 0.2) is 11.1 Å². The highest BCUT2D eigenvalue weighted by Crippen LogP contribution is 2.17. The van der Waals surface area contributed by atoms with Gasteiger partial charge in [0.2, 0.25) is 0 Å². The van der Waals surface area contributed by atoms with Crippen molar-refractivity contribution in [3.8, 4) is 0 Å². The quantitative estimate of drug-likeness (QED) is 0.783. The first-order chi connectivity index (χ1) is 5.65. The molecule has 0 spiro atoms. The van der Waals surface area contributed by atoms with Crippen LogP contribution in [0, 0.1) is 10.5 Å². The van der Waals surface area contributed by atoms with E-state index in [9.17, 15) is 4.21 Å². The fraction of sp³-hybridized carbons (Fsp3) is 0.250. The van der Waals surface area contributed by atoms with Crippen molar-refractivity contribution >= 4 is 33.7 Å². The van der Waals surface area contributed by atoms with Crippen molar-refractivity contribution in [2.24, 2.45) is 0 Å². The van der Waals surface area contributed by atoms with E-state index in [2.05, 4.69) is 22.6 Å². The van der Waals surface area contributed by atoms with Crippen molar-refractivity contribution in [1.82, 2.24) is 0 Å². The first-order valence-corrected chi connectivity index (χ1v) is 5.53. The summed E-state index contributed by atoms with van der Waals surface area (Å²) >= 11 is 0.834. The smallest absolute Gasteiger partial charge is 0.189 e. The van der Waals surface area contributed by atoms with E-state index in [1.165, 1.54) is 7.11 Å². The van der Waals surface area contributed by atoms with Crippen LogP contribution in [0.15, 0.2) is 23.1 Å². The molecule has 0 heterocycles. The zero-order chi connectivity index (χ0) is 9.14. The van der Waals surface area contributed by atoms with Crippen LogP contribution in [-0.4, -0.2) is 11.3 Å². The number of hydrogen-bond acceptors (Lipinski definition) is 2. The highest BCUT2D eigenvalue weighted by Gasteiger charge is 2.06. The van der Waals surface area contributed by atoms with Crippen LogP contribution >= 0.6 is 22.6 Å². The minimum absolute atomic E-state index is 0.740. The van der Waals surface area contributed by atoms with Crippen LogP contribution in [0.5, 0.6) is 0 Å². The molecular weight excluding hydrogens is 287 g/mol. The van der Waals surface area contributed by atoms with Gasteiger partial charge in [0.1, 0.15) is 0 Å². The van der Waals surface area contributed by atoms with Gasteiger partial charge >= 0.3 is 0 Å². The van der Waals surface area contributed by atoms with Gasteiger partial charge < -0.3 is 0 Å². The van der Waals surface area contributed by atoms with Gasteiger partial charge in [-0.25, -0.2) is 4.21 Å². The number of benzene rings is 1. The Hall–Kier alpha value is 0.0600. The lowest BCUT2D eigenvalue weighted by molar-refractivity contribution is 0.445. The third-order valence-corrected chi connectivity index (χ3v) is 3.69. The van der Waals surface area contributed by atoms with Gasteiger partial charge in [-0.3, -0.25) is 4.18 Å². The summed E-state index contributed by atoms with van der Waals surface area (Å²) in [6, 6.07) is 5.73. The van der Waals surface area contributed by atoms with Crippen LogP contribution in [0.25, 0.3) is 0 Å². The third kappa shape index (κ3) is 2.27. The average molecular weight is 296 g/mol. The molecule has 1 aromatic rings. The third-order valence-electron chi connectivity index (χ3n) is 1.42. The first-order valence-electron chi connectivity index (χ1n) is 3.37. The van der Waals surface area contributed by atoms with Crippen molar-refractivity contribution < 1.29 is 8.39 Å². The second-order valence-corrected chi connectivity index (χ2v) is 4.74. The second-order valence-electron chi connectivity index (χ2n) is 2.34. The maximum absolute atomic E-state index is 11.2. The lowest BCUT2D eigenvalue weighted by Crippen LogP contribution is -1.96. The maximum Gasteiger partial charge on any atom is 0.189 e. The van der Waals surface area contributed by atoms with Crippen molar-refractivity contribution in [1.29, 1.82) is 0 Å². The summed E-state index contributed by atoms with van der Waals surface area (Å²) in [5, 5.41) is 0. The minimum atomic E-state index is -1.32. The Morgan fingerprint density at radius 1 is 1.50 bits per heavy atom. The SMILES string of the molecule is COS(=O)c1ccc(C)cc1I. The number of rotatable bonds is 2. The molecule has 66 valence electrons. The standard InChI is InChI=1S/C8H9IO2S/c1-6-3-4-8(7(9)5-6)12(10)11-2/h3-5H,1-2H3. The van der Waals surface area contributed by atoms with Crippen LogP contribution < -0.4 is 0 Å². The van der Waals surface area contributed by atoms with Crippen LogP contribution in [0.4, 0.5) is 0 Å². The molecule has 12 heavy (non-hydrogen) atoms. The molecule has 1 atom stereocenters. The maximum atomic E-state index is 11.2. The fourth-order valence-electron chi connectivity index (χ4n) is 0.831. The van der Waals surface area contributed by atoms with E-state index in [4.69, 9.17) is 4.18 Å². The summed E-state index contributed by atoms with van der Waals surface area (Å²) in [5.41, 5.74) is 1.16. The zero-order valence-electron chi connectivity index (χ0n) is 6.83.